The van der Waals surface area contributed by atoms with Crippen LogP contribution in [0.5, 0.6) is 0 Å². The number of nitrogens with zero attached hydrogens (tertiary/aromatic N) is 2. The van der Waals surface area contributed by atoms with Crippen LogP contribution >= 0.6 is 0 Å². The van der Waals surface area contributed by atoms with Gasteiger partial charge in [0, 0.05) is 13.0 Å². The molecule has 0 spiro atoms. The fourth-order valence-electron chi connectivity index (χ4n) is 4.03. The molecule has 0 atom stereocenters. The number of ether oxygens (including phenoxy) is 1. The highest BCUT2D eigenvalue weighted by Gasteiger charge is 2.39. The van der Waals surface area contributed by atoms with Crippen LogP contribution in [0.3, 0.4) is 0 Å². The second-order valence-corrected chi connectivity index (χ2v) is 8.00. The van der Waals surface area contributed by atoms with Gasteiger partial charge in [0.05, 0.1) is 30.5 Å². The van der Waals surface area contributed by atoms with Crippen LogP contribution in [-0.4, -0.2) is 51.9 Å². The summed E-state index contributed by atoms with van der Waals surface area (Å²) in [5, 5.41) is 16.8. The summed E-state index contributed by atoms with van der Waals surface area (Å²) in [5.41, 5.74) is 4.46. The molecule has 0 unspecified atom stereocenters. The van der Waals surface area contributed by atoms with Crippen LogP contribution in [0.2, 0.25) is 0 Å². The number of alkyl carbamates (subject to hydrolysis) is 1. The minimum absolute atomic E-state index is 0.0763. The van der Waals surface area contributed by atoms with Crippen LogP contribution in [0, 0.1) is 0 Å². The number of aryl methyl sites for hydroxylation is 1. The van der Waals surface area contributed by atoms with Gasteiger partial charge in [-0.05, 0) is 22.3 Å². The third-order valence-electron chi connectivity index (χ3n) is 5.83. The summed E-state index contributed by atoms with van der Waals surface area (Å²) in [4.78, 5) is 35.2. The number of benzene rings is 2. The number of fused-ring (bicyclic) bond motifs is 3. The van der Waals surface area contributed by atoms with Crippen molar-refractivity contribution in [3.63, 3.8) is 0 Å². The van der Waals surface area contributed by atoms with E-state index in [-0.39, 0.29) is 30.3 Å². The van der Waals surface area contributed by atoms with Crippen LogP contribution in [0.15, 0.2) is 54.7 Å². The van der Waals surface area contributed by atoms with Crippen molar-refractivity contribution in [1.29, 1.82) is 0 Å². The third-order valence-corrected chi connectivity index (χ3v) is 5.83. The van der Waals surface area contributed by atoms with Gasteiger partial charge in [0.15, 0.2) is 0 Å². The molecule has 0 radical (unpaired) electrons. The lowest BCUT2D eigenvalue weighted by Gasteiger charge is -2.15. The van der Waals surface area contributed by atoms with E-state index >= 15 is 0 Å². The highest BCUT2D eigenvalue weighted by Crippen LogP contribution is 2.44. The molecule has 3 N–H and O–H groups in total. The monoisotopic (exact) mass is 484 g/mol. The molecule has 182 valence electrons. The van der Waals surface area contributed by atoms with Crippen molar-refractivity contribution < 1.29 is 33.0 Å². The SMILES string of the molecule is Cn1ncc(C(=O)NCC(F)(F)C(=O)O)c1CNC(=O)OCC1c2ccccc2-c2ccccc21. The summed E-state index contributed by atoms with van der Waals surface area (Å²) in [6.45, 7) is -1.44. The smallest absolute Gasteiger partial charge is 0.407 e. The normalized spacial score (nSPS) is 12.5. The Morgan fingerprint density at radius 2 is 1.66 bits per heavy atom. The molecule has 1 aliphatic rings. The number of carboxylic acids is 1. The molecule has 1 heterocycles. The highest BCUT2D eigenvalue weighted by molar-refractivity contribution is 5.95. The predicted octanol–water partition coefficient (Wildman–Crippen LogP) is 2.91. The number of carboxylic acid groups (broad SMARTS) is 1. The van der Waals surface area contributed by atoms with Crippen LogP contribution in [-0.2, 0) is 23.1 Å². The molecule has 4 rings (SSSR count). The van der Waals surface area contributed by atoms with Crippen molar-refractivity contribution in [3.8, 4) is 11.1 Å². The molecule has 1 aromatic heterocycles. The quantitative estimate of drug-likeness (QED) is 0.452. The number of carbonyl (C=O) groups excluding carboxylic acids is 2. The van der Waals surface area contributed by atoms with E-state index in [9.17, 15) is 23.2 Å². The Labute approximate surface area is 198 Å². The summed E-state index contributed by atoms with van der Waals surface area (Å²) in [6.07, 6.45) is 0.417. The Morgan fingerprint density at radius 3 is 2.26 bits per heavy atom. The molecule has 2 aromatic carbocycles. The lowest BCUT2D eigenvalue weighted by molar-refractivity contribution is -0.163. The van der Waals surface area contributed by atoms with Crippen LogP contribution < -0.4 is 10.6 Å². The van der Waals surface area contributed by atoms with Crippen molar-refractivity contribution in [2.75, 3.05) is 13.2 Å². The van der Waals surface area contributed by atoms with Crippen LogP contribution in [0.4, 0.5) is 13.6 Å². The first-order chi connectivity index (χ1) is 16.7. The predicted molar refractivity (Wildman–Crippen MR) is 120 cm³/mol. The first kappa shape index (κ1) is 23.9. The van der Waals surface area contributed by atoms with Crippen LogP contribution in [0.1, 0.15) is 33.1 Å². The molecule has 1 aliphatic carbocycles. The Kier molecular flexibility index (Phi) is 6.50. The van der Waals surface area contributed by atoms with Gasteiger partial charge < -0.3 is 20.5 Å². The highest BCUT2D eigenvalue weighted by atomic mass is 19.3. The van der Waals surface area contributed by atoms with E-state index in [0.717, 1.165) is 28.5 Å². The Hall–Kier alpha value is -4.28. The van der Waals surface area contributed by atoms with E-state index in [1.165, 1.54) is 11.7 Å². The zero-order valence-corrected chi connectivity index (χ0v) is 18.6. The fraction of sp³-hybridized carbons (Fsp3) is 0.250. The van der Waals surface area contributed by atoms with E-state index in [1.54, 1.807) is 0 Å². The van der Waals surface area contributed by atoms with Crippen molar-refractivity contribution >= 4 is 18.0 Å². The average molecular weight is 484 g/mol. The van der Waals surface area contributed by atoms with Gasteiger partial charge in [0.25, 0.3) is 5.91 Å². The molecule has 0 aliphatic heterocycles. The number of aliphatic carboxylic acids is 1. The molecule has 0 saturated carbocycles. The van der Waals surface area contributed by atoms with Crippen molar-refractivity contribution in [1.82, 2.24) is 20.4 Å². The maximum absolute atomic E-state index is 13.3. The lowest BCUT2D eigenvalue weighted by Crippen LogP contribution is -2.42. The molecule has 9 nitrogen and oxygen atoms in total. The minimum Gasteiger partial charge on any atom is -0.477 e. The van der Waals surface area contributed by atoms with Crippen molar-refractivity contribution in [2.24, 2.45) is 7.05 Å². The largest absolute Gasteiger partial charge is 0.477 e. The second kappa shape index (κ2) is 9.53. The van der Waals surface area contributed by atoms with Gasteiger partial charge in [-0.25, -0.2) is 9.59 Å². The molecule has 3 aromatic rings. The van der Waals surface area contributed by atoms with E-state index in [2.05, 4.69) is 10.4 Å². The van der Waals surface area contributed by atoms with Gasteiger partial charge in [-0.3, -0.25) is 9.48 Å². The molecular formula is C24H22F2N4O5. The van der Waals surface area contributed by atoms with Crippen molar-refractivity contribution in [2.45, 2.75) is 18.4 Å². The lowest BCUT2D eigenvalue weighted by atomic mass is 9.98. The van der Waals surface area contributed by atoms with Crippen molar-refractivity contribution in [3.05, 3.63) is 77.1 Å². The number of rotatable bonds is 8. The fourth-order valence-corrected chi connectivity index (χ4v) is 4.03. The number of carbonyl (C=O) groups is 3. The molecule has 11 heteroatoms. The van der Waals surface area contributed by atoms with Gasteiger partial charge in [-0.1, -0.05) is 48.5 Å². The molecule has 0 bridgehead atoms. The number of alkyl halides is 2. The number of hydrogen-bond donors (Lipinski definition) is 3. The van der Waals surface area contributed by atoms with E-state index in [4.69, 9.17) is 9.84 Å². The van der Waals surface area contributed by atoms with Gasteiger partial charge >= 0.3 is 18.0 Å². The zero-order chi connectivity index (χ0) is 25.2. The number of hydrogen-bond acceptors (Lipinski definition) is 5. The summed E-state index contributed by atoms with van der Waals surface area (Å²) in [7, 11) is 1.51. The Bertz CT molecular complexity index is 1240. The van der Waals surface area contributed by atoms with E-state index in [0.29, 0.717) is 0 Å². The standard InChI is InChI=1S/C24H22F2N4O5/c1-30-20(18(10-29-30)21(31)28-13-24(25,26)22(32)33)11-27-23(34)35-12-19-16-8-4-2-6-14(16)15-7-3-5-9-17(15)19/h2-10,19H,11-13H2,1H3,(H,27,34)(H,28,31)(H,32,33). The Morgan fingerprint density at radius 1 is 1.06 bits per heavy atom. The topological polar surface area (TPSA) is 123 Å². The summed E-state index contributed by atoms with van der Waals surface area (Å²) in [6, 6.07) is 15.8. The molecule has 0 saturated heterocycles. The zero-order valence-electron chi connectivity index (χ0n) is 18.6. The summed E-state index contributed by atoms with van der Waals surface area (Å²) < 4.78 is 33.3. The summed E-state index contributed by atoms with van der Waals surface area (Å²) in [5.74, 6) is -7.52. The van der Waals surface area contributed by atoms with Gasteiger partial charge in [-0.2, -0.15) is 13.9 Å². The van der Waals surface area contributed by atoms with Crippen LogP contribution in [0.25, 0.3) is 11.1 Å². The third kappa shape index (κ3) is 4.84. The molecule has 35 heavy (non-hydrogen) atoms. The van der Waals surface area contributed by atoms with Gasteiger partial charge in [0.1, 0.15) is 6.61 Å². The number of aromatic nitrogens is 2. The minimum atomic E-state index is -4.11. The maximum atomic E-state index is 13.3. The first-order valence-electron chi connectivity index (χ1n) is 10.7. The molecule has 0 fully saturated rings. The summed E-state index contributed by atoms with van der Waals surface area (Å²) >= 11 is 0. The van der Waals surface area contributed by atoms with E-state index < -0.39 is 30.4 Å². The Balaban J connectivity index is 1.37. The van der Waals surface area contributed by atoms with Gasteiger partial charge in [0.2, 0.25) is 0 Å². The maximum Gasteiger partial charge on any atom is 0.407 e. The molecule has 2 amide bonds. The van der Waals surface area contributed by atoms with Gasteiger partial charge in [-0.15, -0.1) is 0 Å². The average Bonchev–Trinajstić information content (AvgIpc) is 3.37. The molecular weight excluding hydrogens is 462 g/mol. The van der Waals surface area contributed by atoms with E-state index in [1.807, 2.05) is 53.8 Å². The number of nitrogens with one attached hydrogen (secondary N) is 2. The number of halogens is 2. The first-order valence-corrected chi connectivity index (χ1v) is 10.7. The number of amides is 2. The second-order valence-electron chi connectivity index (χ2n) is 8.00.